The summed E-state index contributed by atoms with van der Waals surface area (Å²) in [7, 11) is 1.49. The minimum Gasteiger partial charge on any atom is -0.496 e. The van der Waals surface area contributed by atoms with Gasteiger partial charge in [0.05, 0.1) is 31.8 Å². The molecule has 122 valence electrons. The number of nitrogens with zero attached hydrogens (tertiary/aromatic N) is 2. The van der Waals surface area contributed by atoms with Crippen LogP contribution in [0.2, 0.25) is 0 Å². The molecule has 3 aromatic rings. The summed E-state index contributed by atoms with van der Waals surface area (Å²) in [6.45, 7) is 0. The van der Waals surface area contributed by atoms with Crippen LogP contribution in [0.4, 0.5) is 10.2 Å². The number of halogens is 1. The fraction of sp³-hybridized carbons (Fsp3) is 0.118. The maximum Gasteiger partial charge on any atom is 0.230 e. The molecule has 6 nitrogen and oxygen atoms in total. The number of carbonyl (C=O) groups excluding carboxylic acids is 1. The van der Waals surface area contributed by atoms with Crippen molar-refractivity contribution in [3.05, 3.63) is 60.6 Å². The smallest absolute Gasteiger partial charge is 0.230 e. The van der Waals surface area contributed by atoms with E-state index in [0.29, 0.717) is 22.8 Å². The molecule has 0 fully saturated rings. The van der Waals surface area contributed by atoms with Gasteiger partial charge in [0.2, 0.25) is 5.91 Å². The van der Waals surface area contributed by atoms with Gasteiger partial charge in [-0.05, 0) is 29.8 Å². The molecular weight excluding hydrogens is 313 g/mol. The molecule has 0 aliphatic carbocycles. The van der Waals surface area contributed by atoms with Crippen LogP contribution in [0.5, 0.6) is 5.75 Å². The number of aromatic nitrogens is 2. The van der Waals surface area contributed by atoms with Crippen LogP contribution in [0.15, 0.2) is 53.6 Å². The van der Waals surface area contributed by atoms with Gasteiger partial charge in [-0.15, -0.1) is 0 Å². The molecular formula is C17H14FN3O3. The van der Waals surface area contributed by atoms with Crippen LogP contribution in [0.1, 0.15) is 5.56 Å². The number of anilines is 1. The van der Waals surface area contributed by atoms with Crippen molar-refractivity contribution in [2.24, 2.45) is 0 Å². The van der Waals surface area contributed by atoms with Gasteiger partial charge in [-0.25, -0.2) is 14.4 Å². The van der Waals surface area contributed by atoms with Crippen molar-refractivity contribution in [2.75, 3.05) is 12.4 Å². The monoisotopic (exact) mass is 327 g/mol. The van der Waals surface area contributed by atoms with Crippen molar-refractivity contribution >= 4 is 11.7 Å². The normalized spacial score (nSPS) is 10.4. The van der Waals surface area contributed by atoms with Gasteiger partial charge >= 0.3 is 0 Å². The minimum absolute atomic E-state index is 0.166. The van der Waals surface area contributed by atoms with Gasteiger partial charge in [-0.1, -0.05) is 0 Å². The Morgan fingerprint density at radius 1 is 1.29 bits per heavy atom. The van der Waals surface area contributed by atoms with Crippen LogP contribution >= 0.6 is 0 Å². The average molecular weight is 327 g/mol. The lowest BCUT2D eigenvalue weighted by Gasteiger charge is -2.09. The highest BCUT2D eigenvalue weighted by atomic mass is 19.1. The first-order valence-electron chi connectivity index (χ1n) is 7.12. The third-order valence-electron chi connectivity index (χ3n) is 3.32. The topological polar surface area (TPSA) is 77.2 Å². The van der Waals surface area contributed by atoms with E-state index in [1.165, 1.54) is 44.2 Å². The molecule has 2 aromatic heterocycles. The SMILES string of the molecule is COc1ccc(F)cc1-c1cc(NC(=O)Cc2ccoc2)ncn1. The number of furan rings is 1. The van der Waals surface area contributed by atoms with E-state index in [1.807, 2.05) is 0 Å². The summed E-state index contributed by atoms with van der Waals surface area (Å²) >= 11 is 0. The van der Waals surface area contributed by atoms with Gasteiger partial charge in [-0.2, -0.15) is 0 Å². The lowest BCUT2D eigenvalue weighted by atomic mass is 10.1. The lowest BCUT2D eigenvalue weighted by Crippen LogP contribution is -2.15. The third kappa shape index (κ3) is 3.57. The average Bonchev–Trinajstić information content (AvgIpc) is 3.08. The summed E-state index contributed by atoms with van der Waals surface area (Å²) in [5, 5.41) is 2.68. The number of nitrogens with one attached hydrogen (secondary N) is 1. The Morgan fingerprint density at radius 3 is 2.92 bits per heavy atom. The molecule has 24 heavy (non-hydrogen) atoms. The van der Waals surface area contributed by atoms with Gasteiger partial charge in [-0.3, -0.25) is 4.79 Å². The molecule has 3 rings (SSSR count). The van der Waals surface area contributed by atoms with Gasteiger partial charge in [0.1, 0.15) is 23.7 Å². The van der Waals surface area contributed by atoms with E-state index in [2.05, 4.69) is 15.3 Å². The molecule has 0 unspecified atom stereocenters. The molecule has 0 saturated carbocycles. The fourth-order valence-corrected chi connectivity index (χ4v) is 2.22. The number of hydrogen-bond donors (Lipinski definition) is 1. The third-order valence-corrected chi connectivity index (χ3v) is 3.32. The summed E-state index contributed by atoms with van der Waals surface area (Å²) in [5.41, 5.74) is 1.68. The highest BCUT2D eigenvalue weighted by molar-refractivity contribution is 5.91. The van der Waals surface area contributed by atoms with E-state index in [-0.39, 0.29) is 12.3 Å². The standard InChI is InChI=1S/C17H14FN3O3/c1-23-15-3-2-12(18)7-13(15)14-8-16(20-10-19-14)21-17(22)6-11-4-5-24-9-11/h2-5,7-10H,6H2,1H3,(H,19,20,21,22). The highest BCUT2D eigenvalue weighted by Gasteiger charge is 2.11. The Bertz CT molecular complexity index is 850. The van der Waals surface area contributed by atoms with Crippen LogP contribution in [-0.2, 0) is 11.2 Å². The minimum atomic E-state index is -0.407. The van der Waals surface area contributed by atoms with Crippen LogP contribution in [-0.4, -0.2) is 23.0 Å². The quantitative estimate of drug-likeness (QED) is 0.779. The Labute approximate surface area is 137 Å². The number of methoxy groups -OCH3 is 1. The molecule has 1 N–H and O–H groups in total. The predicted molar refractivity (Wildman–Crippen MR) is 85.0 cm³/mol. The van der Waals surface area contributed by atoms with Crippen molar-refractivity contribution in [3.63, 3.8) is 0 Å². The second-order valence-corrected chi connectivity index (χ2v) is 4.99. The molecule has 1 amide bonds. The predicted octanol–water partition coefficient (Wildman–Crippen LogP) is 3.07. The first-order valence-corrected chi connectivity index (χ1v) is 7.12. The zero-order valence-corrected chi connectivity index (χ0v) is 12.8. The van der Waals surface area contributed by atoms with E-state index in [9.17, 15) is 9.18 Å². The van der Waals surface area contributed by atoms with E-state index < -0.39 is 5.82 Å². The van der Waals surface area contributed by atoms with Crippen LogP contribution in [0.3, 0.4) is 0 Å². The zero-order valence-electron chi connectivity index (χ0n) is 12.8. The molecule has 0 spiro atoms. The van der Waals surface area contributed by atoms with Gasteiger partial charge in [0.25, 0.3) is 0 Å². The number of amides is 1. The van der Waals surface area contributed by atoms with E-state index in [0.717, 1.165) is 5.56 Å². The number of carbonyl (C=O) groups is 1. The van der Waals surface area contributed by atoms with Crippen LogP contribution < -0.4 is 10.1 Å². The first kappa shape index (κ1) is 15.7. The second-order valence-electron chi connectivity index (χ2n) is 4.99. The van der Waals surface area contributed by atoms with Crippen LogP contribution in [0.25, 0.3) is 11.3 Å². The van der Waals surface area contributed by atoms with Crippen LogP contribution in [0, 0.1) is 5.82 Å². The van der Waals surface area contributed by atoms with E-state index >= 15 is 0 Å². The Hall–Kier alpha value is -3.22. The van der Waals surface area contributed by atoms with Gasteiger partial charge < -0.3 is 14.5 Å². The molecule has 0 atom stereocenters. The van der Waals surface area contributed by atoms with Gasteiger partial charge in [0, 0.05) is 11.6 Å². The van der Waals surface area contributed by atoms with Crippen molar-refractivity contribution < 1.29 is 18.3 Å². The fourth-order valence-electron chi connectivity index (χ4n) is 2.22. The largest absolute Gasteiger partial charge is 0.496 e. The number of rotatable bonds is 5. The molecule has 0 bridgehead atoms. The second kappa shape index (κ2) is 6.91. The lowest BCUT2D eigenvalue weighted by molar-refractivity contribution is -0.115. The first-order chi connectivity index (χ1) is 11.7. The molecule has 2 heterocycles. The highest BCUT2D eigenvalue weighted by Crippen LogP contribution is 2.29. The van der Waals surface area contributed by atoms with Crippen molar-refractivity contribution in [2.45, 2.75) is 6.42 Å². The molecule has 1 aromatic carbocycles. The molecule has 0 saturated heterocycles. The van der Waals surface area contributed by atoms with E-state index in [4.69, 9.17) is 9.15 Å². The van der Waals surface area contributed by atoms with Crippen molar-refractivity contribution in [3.8, 4) is 17.0 Å². The Morgan fingerprint density at radius 2 is 2.17 bits per heavy atom. The zero-order chi connectivity index (χ0) is 16.9. The molecule has 0 radical (unpaired) electrons. The maximum atomic E-state index is 13.5. The Balaban J connectivity index is 1.82. The number of ether oxygens (including phenoxy) is 1. The maximum absolute atomic E-state index is 13.5. The number of benzene rings is 1. The van der Waals surface area contributed by atoms with Crippen molar-refractivity contribution in [1.29, 1.82) is 0 Å². The Kier molecular flexibility index (Phi) is 4.51. The summed E-state index contributed by atoms with van der Waals surface area (Å²) in [5.74, 6) is 0.146. The summed E-state index contributed by atoms with van der Waals surface area (Å²) < 4.78 is 23.7. The molecule has 0 aliphatic rings. The molecule has 0 aliphatic heterocycles. The number of hydrogen-bond acceptors (Lipinski definition) is 5. The molecule has 7 heteroatoms. The summed E-state index contributed by atoms with van der Waals surface area (Å²) in [6.07, 6.45) is 4.47. The van der Waals surface area contributed by atoms with Crippen molar-refractivity contribution in [1.82, 2.24) is 9.97 Å². The summed E-state index contributed by atoms with van der Waals surface area (Å²) in [4.78, 5) is 20.1. The van der Waals surface area contributed by atoms with E-state index in [1.54, 1.807) is 12.1 Å². The van der Waals surface area contributed by atoms with Gasteiger partial charge in [0.15, 0.2) is 0 Å². The summed E-state index contributed by atoms with van der Waals surface area (Å²) in [6, 6.07) is 7.41.